The smallest absolute Gasteiger partial charge is 0.338 e. The van der Waals surface area contributed by atoms with Gasteiger partial charge in [0.05, 0.1) is 23.6 Å². The van der Waals surface area contributed by atoms with E-state index in [4.69, 9.17) is 33.5 Å². The average molecular weight is 507 g/mol. The first kappa shape index (κ1) is 24.4. The summed E-state index contributed by atoms with van der Waals surface area (Å²) in [6.45, 7) is 2.03. The van der Waals surface area contributed by atoms with Crippen molar-refractivity contribution in [3.05, 3.63) is 94.5 Å². The van der Waals surface area contributed by atoms with Gasteiger partial charge in [-0.3, -0.25) is 4.79 Å². The van der Waals surface area contributed by atoms with Crippen LogP contribution in [0.4, 0.5) is 11.4 Å². The number of ether oxygens (including phenoxy) is 1. The summed E-state index contributed by atoms with van der Waals surface area (Å²) in [5.41, 5.74) is 3.85. The lowest BCUT2D eigenvalue weighted by molar-refractivity contribution is -0.119. The number of nitrogens with zero attached hydrogens (tertiary/aromatic N) is 2. The van der Waals surface area contributed by atoms with Crippen molar-refractivity contribution in [1.82, 2.24) is 5.32 Å². The largest absolute Gasteiger partial charge is 0.462 e. The number of likely N-dealkylation sites (N-methyl/N-ethyl adjacent to an activating group) is 1. The van der Waals surface area contributed by atoms with E-state index >= 15 is 0 Å². The predicted octanol–water partition coefficient (Wildman–Crippen LogP) is 4.64. The van der Waals surface area contributed by atoms with Gasteiger partial charge < -0.3 is 20.3 Å². The number of anilines is 2. The Labute approximate surface area is 213 Å². The molecular weight excluding hydrogens is 484 g/mol. The molecular formula is C26H23ClN4O3S. The number of hydrogen-bond donors (Lipinski definition) is 2. The van der Waals surface area contributed by atoms with Crippen LogP contribution in [0.25, 0.3) is 0 Å². The van der Waals surface area contributed by atoms with Gasteiger partial charge in [-0.05, 0) is 55.5 Å². The van der Waals surface area contributed by atoms with Crippen molar-refractivity contribution in [3.8, 4) is 0 Å². The van der Waals surface area contributed by atoms with Crippen LogP contribution in [0.3, 0.4) is 0 Å². The van der Waals surface area contributed by atoms with Crippen LogP contribution in [0, 0.1) is 0 Å². The van der Waals surface area contributed by atoms with Gasteiger partial charge in [-0.25, -0.2) is 9.79 Å². The third kappa shape index (κ3) is 5.50. The fraction of sp³-hybridized carbons (Fsp3) is 0.154. The van der Waals surface area contributed by atoms with Gasteiger partial charge in [0, 0.05) is 28.9 Å². The molecule has 35 heavy (non-hydrogen) atoms. The van der Waals surface area contributed by atoms with Gasteiger partial charge in [-0.1, -0.05) is 48.0 Å². The number of benzodiazepines with no additional fused rings is 1. The van der Waals surface area contributed by atoms with Gasteiger partial charge in [0.1, 0.15) is 0 Å². The Morgan fingerprint density at radius 1 is 1.11 bits per heavy atom. The van der Waals surface area contributed by atoms with Crippen LogP contribution < -0.4 is 15.5 Å². The van der Waals surface area contributed by atoms with Crippen LogP contribution >= 0.6 is 23.8 Å². The molecule has 1 amide bonds. The number of rotatable bonds is 5. The Hall–Kier alpha value is -3.75. The number of halogens is 1. The highest BCUT2D eigenvalue weighted by Crippen LogP contribution is 2.30. The summed E-state index contributed by atoms with van der Waals surface area (Å²) in [6, 6.07) is 21.7. The third-order valence-electron chi connectivity index (χ3n) is 5.34. The molecule has 0 spiro atoms. The SMILES string of the molecule is CCOC(=O)c1cccc(NC(=S)NC2N=C(c3ccccc3)c3cc(Cl)ccc3N(C)C2=O)c1. The molecule has 3 aromatic rings. The Kier molecular flexibility index (Phi) is 7.43. The van der Waals surface area contributed by atoms with Crippen molar-refractivity contribution >= 4 is 57.9 Å². The molecule has 0 saturated heterocycles. The van der Waals surface area contributed by atoms with Crippen LogP contribution in [0.2, 0.25) is 5.02 Å². The summed E-state index contributed by atoms with van der Waals surface area (Å²) in [7, 11) is 1.69. The van der Waals surface area contributed by atoms with E-state index in [1.807, 2.05) is 30.3 Å². The summed E-state index contributed by atoms with van der Waals surface area (Å²) in [6.07, 6.45) is -0.991. The molecule has 0 saturated carbocycles. The third-order valence-corrected chi connectivity index (χ3v) is 5.80. The summed E-state index contributed by atoms with van der Waals surface area (Å²) in [5.74, 6) is -0.715. The minimum atomic E-state index is -0.991. The standard InChI is InChI=1S/C26H23ClN4O3S/c1-3-34-25(33)17-10-7-11-19(14-17)28-26(35)30-23-24(32)31(2)21-13-12-18(27)15-20(21)22(29-23)16-8-5-4-6-9-16/h4-15,23H,3H2,1-2H3,(H2,28,30,35). The molecule has 4 rings (SSSR count). The van der Waals surface area contributed by atoms with E-state index in [2.05, 4.69) is 10.6 Å². The van der Waals surface area contributed by atoms with Crippen molar-refractivity contribution in [3.63, 3.8) is 0 Å². The van der Waals surface area contributed by atoms with Gasteiger partial charge in [0.25, 0.3) is 5.91 Å². The summed E-state index contributed by atoms with van der Waals surface area (Å²) >= 11 is 11.8. The number of aliphatic imine (C=N–C) groups is 1. The van der Waals surface area contributed by atoms with E-state index in [9.17, 15) is 9.59 Å². The topological polar surface area (TPSA) is 83.0 Å². The average Bonchev–Trinajstić information content (AvgIpc) is 2.95. The minimum absolute atomic E-state index is 0.179. The zero-order chi connectivity index (χ0) is 24.9. The number of amides is 1. The first-order valence-electron chi connectivity index (χ1n) is 10.9. The molecule has 1 atom stereocenters. The molecule has 0 fully saturated rings. The van der Waals surface area contributed by atoms with Gasteiger partial charge >= 0.3 is 5.97 Å². The number of carbonyl (C=O) groups excluding carboxylic acids is 2. The number of hydrogen-bond acceptors (Lipinski definition) is 5. The lowest BCUT2D eigenvalue weighted by atomic mass is 10.0. The van der Waals surface area contributed by atoms with E-state index in [0.29, 0.717) is 27.7 Å². The Bertz CT molecular complexity index is 1310. The lowest BCUT2D eigenvalue weighted by Gasteiger charge is -2.22. The minimum Gasteiger partial charge on any atom is -0.462 e. The second-order valence-corrected chi connectivity index (χ2v) is 8.55. The summed E-state index contributed by atoms with van der Waals surface area (Å²) < 4.78 is 5.05. The molecule has 0 aromatic heterocycles. The zero-order valence-corrected chi connectivity index (χ0v) is 20.7. The van der Waals surface area contributed by atoms with E-state index in [1.54, 1.807) is 56.4 Å². The molecule has 1 aliphatic heterocycles. The molecule has 0 bridgehead atoms. The zero-order valence-electron chi connectivity index (χ0n) is 19.1. The number of nitrogens with one attached hydrogen (secondary N) is 2. The molecule has 1 aliphatic rings. The number of thiocarbonyl (C=S) groups is 1. The van der Waals surface area contributed by atoms with Crippen LogP contribution in [0.5, 0.6) is 0 Å². The first-order chi connectivity index (χ1) is 16.9. The normalized spacial score (nSPS) is 14.9. The number of fused-ring (bicyclic) bond motifs is 1. The molecule has 1 heterocycles. The van der Waals surface area contributed by atoms with Crippen LogP contribution in [0.1, 0.15) is 28.4 Å². The monoisotopic (exact) mass is 506 g/mol. The summed E-state index contributed by atoms with van der Waals surface area (Å²) in [4.78, 5) is 31.7. The molecule has 0 radical (unpaired) electrons. The van der Waals surface area contributed by atoms with Crippen molar-refractivity contribution in [2.24, 2.45) is 4.99 Å². The number of esters is 1. The van der Waals surface area contributed by atoms with Crippen molar-refractivity contribution in [1.29, 1.82) is 0 Å². The molecule has 3 aromatic carbocycles. The highest BCUT2D eigenvalue weighted by Gasteiger charge is 2.30. The maximum atomic E-state index is 13.3. The van der Waals surface area contributed by atoms with E-state index in [0.717, 1.165) is 11.1 Å². The van der Waals surface area contributed by atoms with Crippen LogP contribution in [-0.4, -0.2) is 42.5 Å². The van der Waals surface area contributed by atoms with Crippen molar-refractivity contribution in [2.75, 3.05) is 23.9 Å². The summed E-state index contributed by atoms with van der Waals surface area (Å²) in [5, 5.41) is 6.74. The Morgan fingerprint density at radius 2 is 1.89 bits per heavy atom. The molecule has 7 nitrogen and oxygen atoms in total. The van der Waals surface area contributed by atoms with E-state index in [-0.39, 0.29) is 17.6 Å². The van der Waals surface area contributed by atoms with Crippen molar-refractivity contribution < 1.29 is 14.3 Å². The van der Waals surface area contributed by atoms with E-state index < -0.39 is 12.1 Å². The quantitative estimate of drug-likeness (QED) is 0.387. The highest BCUT2D eigenvalue weighted by atomic mass is 35.5. The van der Waals surface area contributed by atoms with Crippen molar-refractivity contribution in [2.45, 2.75) is 13.1 Å². The van der Waals surface area contributed by atoms with Gasteiger partial charge in [0.2, 0.25) is 6.17 Å². The van der Waals surface area contributed by atoms with Crippen LogP contribution in [0.15, 0.2) is 77.8 Å². The van der Waals surface area contributed by atoms with Gasteiger partial charge in [-0.15, -0.1) is 0 Å². The Balaban J connectivity index is 1.64. The second-order valence-electron chi connectivity index (χ2n) is 7.70. The maximum Gasteiger partial charge on any atom is 0.338 e. The number of carbonyl (C=O) groups is 2. The Morgan fingerprint density at radius 3 is 2.63 bits per heavy atom. The van der Waals surface area contributed by atoms with Crippen LogP contribution in [-0.2, 0) is 9.53 Å². The van der Waals surface area contributed by atoms with E-state index in [1.165, 1.54) is 4.90 Å². The van der Waals surface area contributed by atoms with Gasteiger partial charge in [0.15, 0.2) is 5.11 Å². The fourth-order valence-electron chi connectivity index (χ4n) is 3.70. The number of benzene rings is 3. The predicted molar refractivity (Wildman–Crippen MR) is 142 cm³/mol. The molecule has 2 N–H and O–H groups in total. The maximum absolute atomic E-state index is 13.3. The first-order valence-corrected chi connectivity index (χ1v) is 11.7. The molecule has 178 valence electrons. The molecule has 1 unspecified atom stereocenters. The fourth-order valence-corrected chi connectivity index (χ4v) is 4.10. The molecule has 0 aliphatic carbocycles. The second kappa shape index (κ2) is 10.7. The molecule has 9 heteroatoms. The lowest BCUT2D eigenvalue weighted by Crippen LogP contribution is -2.47. The highest BCUT2D eigenvalue weighted by molar-refractivity contribution is 7.80. The van der Waals surface area contributed by atoms with Gasteiger partial charge in [-0.2, -0.15) is 0 Å².